The van der Waals surface area contributed by atoms with Gasteiger partial charge in [-0.15, -0.1) is 0 Å². The van der Waals surface area contributed by atoms with E-state index in [0.717, 1.165) is 55.1 Å². The van der Waals surface area contributed by atoms with Gasteiger partial charge in [0.2, 0.25) is 0 Å². The highest BCUT2D eigenvalue weighted by atomic mass is 19.1. The maximum atomic E-state index is 13.8. The summed E-state index contributed by atoms with van der Waals surface area (Å²) in [7, 11) is 0. The van der Waals surface area contributed by atoms with Crippen molar-refractivity contribution in [2.45, 2.75) is 32.2 Å². The molecule has 0 aliphatic heterocycles. The molecule has 2 aromatic heterocycles. The average Bonchev–Trinajstić information content (AvgIpc) is 2.92. The van der Waals surface area contributed by atoms with Gasteiger partial charge < -0.3 is 4.57 Å². The first-order valence-corrected chi connectivity index (χ1v) is 7.67. The zero-order valence-corrected chi connectivity index (χ0v) is 12.4. The van der Waals surface area contributed by atoms with Gasteiger partial charge in [-0.2, -0.15) is 5.10 Å². The van der Waals surface area contributed by atoms with Gasteiger partial charge in [0.25, 0.3) is 5.56 Å². The summed E-state index contributed by atoms with van der Waals surface area (Å²) in [4.78, 5) is 12.7. The Hall–Kier alpha value is -2.50. The molecule has 0 radical (unpaired) electrons. The molecule has 0 saturated carbocycles. The lowest BCUT2D eigenvalue weighted by atomic mass is 9.97. The molecule has 1 aliphatic rings. The van der Waals surface area contributed by atoms with Gasteiger partial charge >= 0.3 is 0 Å². The molecule has 4 rings (SSSR count). The van der Waals surface area contributed by atoms with Crippen LogP contribution in [0, 0.1) is 11.6 Å². The molecule has 1 aromatic carbocycles. The number of hydrogen-bond acceptors (Lipinski definition) is 2. The number of rotatable bonds is 2. The lowest BCUT2D eigenvalue weighted by molar-refractivity contribution is 0.574. The van der Waals surface area contributed by atoms with Gasteiger partial charge in [-0.05, 0) is 43.9 Å². The molecule has 6 heteroatoms. The fourth-order valence-corrected chi connectivity index (χ4v) is 3.23. The topological polar surface area (TPSA) is 39.3 Å². The van der Waals surface area contributed by atoms with Crippen LogP contribution < -0.4 is 5.56 Å². The van der Waals surface area contributed by atoms with Gasteiger partial charge in [-0.25, -0.2) is 13.3 Å². The van der Waals surface area contributed by atoms with Crippen LogP contribution in [0.3, 0.4) is 0 Å². The van der Waals surface area contributed by atoms with Crippen LogP contribution in [0.5, 0.6) is 0 Å². The molecule has 0 fully saturated rings. The normalized spacial score (nSPS) is 14.2. The molecule has 0 unspecified atom stereocenters. The molecule has 1 aliphatic carbocycles. The predicted molar refractivity (Wildman–Crippen MR) is 81.6 cm³/mol. The third-order valence-electron chi connectivity index (χ3n) is 4.38. The molecule has 0 bridgehead atoms. The Morgan fingerprint density at radius 3 is 2.83 bits per heavy atom. The first-order valence-electron chi connectivity index (χ1n) is 7.67. The first-order chi connectivity index (χ1) is 11.1. The first kappa shape index (κ1) is 14.1. The molecule has 3 aromatic rings. The van der Waals surface area contributed by atoms with E-state index in [1.165, 1.54) is 4.57 Å². The Morgan fingerprint density at radius 2 is 1.96 bits per heavy atom. The van der Waals surface area contributed by atoms with Gasteiger partial charge in [-0.1, -0.05) is 0 Å². The van der Waals surface area contributed by atoms with Crippen molar-refractivity contribution in [1.82, 2.24) is 14.2 Å². The number of fused-ring (bicyclic) bond motifs is 3. The molecule has 0 saturated heterocycles. The molecule has 23 heavy (non-hydrogen) atoms. The molecular formula is C17H15F2N3O. The second-order valence-corrected chi connectivity index (χ2v) is 5.89. The molecule has 0 atom stereocenters. The van der Waals surface area contributed by atoms with Crippen molar-refractivity contribution in [3.8, 4) is 0 Å². The Labute approximate surface area is 131 Å². The summed E-state index contributed by atoms with van der Waals surface area (Å²) in [5.74, 6) is -1.04. The number of halogens is 2. The van der Waals surface area contributed by atoms with Gasteiger partial charge in [0.15, 0.2) is 0 Å². The summed E-state index contributed by atoms with van der Waals surface area (Å²) in [6.07, 6.45) is 7.12. The molecule has 118 valence electrons. The van der Waals surface area contributed by atoms with Crippen molar-refractivity contribution in [3.05, 3.63) is 69.4 Å². The second kappa shape index (κ2) is 5.30. The Bertz CT molecular complexity index is 958. The van der Waals surface area contributed by atoms with Gasteiger partial charge in [0.05, 0.1) is 12.2 Å². The molecule has 0 amide bonds. The summed E-state index contributed by atoms with van der Waals surface area (Å²) < 4.78 is 30.1. The minimum Gasteiger partial charge on any atom is -0.308 e. The van der Waals surface area contributed by atoms with Crippen LogP contribution >= 0.6 is 0 Å². The highest BCUT2D eigenvalue weighted by molar-refractivity contribution is 5.55. The van der Waals surface area contributed by atoms with Crippen LogP contribution in [-0.4, -0.2) is 14.2 Å². The Balaban J connectivity index is 1.83. The third-order valence-corrected chi connectivity index (χ3v) is 4.38. The van der Waals surface area contributed by atoms with Crippen molar-refractivity contribution in [2.24, 2.45) is 0 Å². The number of benzene rings is 1. The maximum Gasteiger partial charge on any atom is 0.277 e. The molecule has 0 spiro atoms. The van der Waals surface area contributed by atoms with Gasteiger partial charge in [-0.3, -0.25) is 4.79 Å². The number of aryl methyl sites for hydroxylation is 2. The van der Waals surface area contributed by atoms with E-state index >= 15 is 0 Å². The summed E-state index contributed by atoms with van der Waals surface area (Å²) in [6.45, 7) is -0.00111. The monoisotopic (exact) mass is 315 g/mol. The highest BCUT2D eigenvalue weighted by Gasteiger charge is 2.19. The van der Waals surface area contributed by atoms with E-state index in [1.54, 1.807) is 16.9 Å². The second-order valence-electron chi connectivity index (χ2n) is 5.89. The van der Waals surface area contributed by atoms with E-state index in [1.807, 2.05) is 0 Å². The highest BCUT2D eigenvalue weighted by Crippen LogP contribution is 2.22. The van der Waals surface area contributed by atoms with Crippen molar-refractivity contribution in [3.63, 3.8) is 0 Å². The van der Waals surface area contributed by atoms with Crippen LogP contribution in [0.1, 0.15) is 29.7 Å². The zero-order chi connectivity index (χ0) is 16.0. The summed E-state index contributed by atoms with van der Waals surface area (Å²) in [6, 6.07) is 3.27. The zero-order valence-electron chi connectivity index (χ0n) is 12.4. The predicted octanol–water partition coefficient (Wildman–Crippen LogP) is 2.70. The van der Waals surface area contributed by atoms with E-state index in [2.05, 4.69) is 5.10 Å². The average molecular weight is 315 g/mol. The minimum atomic E-state index is -0.520. The molecular weight excluding hydrogens is 300 g/mol. The number of hydrogen-bond donors (Lipinski definition) is 0. The maximum absolute atomic E-state index is 13.8. The van der Waals surface area contributed by atoms with Crippen LogP contribution in [0.4, 0.5) is 8.78 Å². The number of nitrogens with zero attached hydrogens (tertiary/aromatic N) is 3. The van der Waals surface area contributed by atoms with E-state index < -0.39 is 11.6 Å². The summed E-state index contributed by atoms with van der Waals surface area (Å²) >= 11 is 0. The Kier molecular flexibility index (Phi) is 3.25. The molecule has 0 N–H and O–H groups in total. The molecule has 2 heterocycles. The van der Waals surface area contributed by atoms with E-state index in [4.69, 9.17) is 0 Å². The summed E-state index contributed by atoms with van der Waals surface area (Å²) in [5, 5.41) is 4.46. The lowest BCUT2D eigenvalue weighted by Crippen LogP contribution is -2.23. The largest absolute Gasteiger partial charge is 0.308 e. The van der Waals surface area contributed by atoms with E-state index in [9.17, 15) is 13.6 Å². The van der Waals surface area contributed by atoms with Crippen molar-refractivity contribution in [1.29, 1.82) is 0 Å². The van der Waals surface area contributed by atoms with E-state index in [0.29, 0.717) is 5.52 Å². The van der Waals surface area contributed by atoms with Crippen LogP contribution in [0.15, 0.2) is 35.4 Å². The smallest absolute Gasteiger partial charge is 0.277 e. The fraction of sp³-hybridized carbons (Fsp3) is 0.294. The third kappa shape index (κ3) is 2.34. The summed E-state index contributed by atoms with van der Waals surface area (Å²) in [5.41, 5.74) is 2.47. The van der Waals surface area contributed by atoms with Crippen LogP contribution in [0.2, 0.25) is 0 Å². The van der Waals surface area contributed by atoms with Crippen LogP contribution in [0.25, 0.3) is 5.52 Å². The van der Waals surface area contributed by atoms with Crippen molar-refractivity contribution < 1.29 is 8.78 Å². The van der Waals surface area contributed by atoms with Gasteiger partial charge in [0, 0.05) is 23.5 Å². The fourth-order valence-electron chi connectivity index (χ4n) is 3.23. The van der Waals surface area contributed by atoms with Crippen molar-refractivity contribution in [2.75, 3.05) is 0 Å². The Morgan fingerprint density at radius 1 is 1.13 bits per heavy atom. The van der Waals surface area contributed by atoms with Crippen LogP contribution in [-0.2, 0) is 19.4 Å². The quantitative estimate of drug-likeness (QED) is 0.729. The molecule has 4 nitrogen and oxygen atoms in total. The SMILES string of the molecule is O=c1c2c3c(nn2ccn1Cc1cc(F)ccc1F)CCCC3. The minimum absolute atomic E-state index is 0.00111. The standard InChI is InChI=1S/C17H15F2N3O/c18-12-5-6-14(19)11(9-12)10-21-7-8-22-16(17(21)23)13-3-1-2-4-15(13)20-22/h5-9H,1-4,10H2. The lowest BCUT2D eigenvalue weighted by Gasteiger charge is -2.10. The number of aromatic nitrogens is 3. The van der Waals surface area contributed by atoms with Crippen molar-refractivity contribution >= 4 is 5.52 Å². The van der Waals surface area contributed by atoms with E-state index in [-0.39, 0.29) is 17.7 Å². The van der Waals surface area contributed by atoms with Gasteiger partial charge in [0.1, 0.15) is 17.2 Å².